The monoisotopic (exact) mass is 256 g/mol. The molecule has 0 aliphatic heterocycles. The third-order valence-electron chi connectivity index (χ3n) is 3.83. The minimum absolute atomic E-state index is 0.0515. The van der Waals surface area contributed by atoms with Crippen molar-refractivity contribution in [3.05, 3.63) is 0 Å². The van der Waals surface area contributed by atoms with Crippen LogP contribution in [0.15, 0.2) is 0 Å². The number of aliphatic hydroxyl groups is 1. The molecule has 106 valence electrons. The molecule has 1 aliphatic rings. The molecular weight excluding hydrogens is 228 g/mol. The first kappa shape index (κ1) is 15.3. The quantitative estimate of drug-likeness (QED) is 0.734. The molecule has 1 fully saturated rings. The predicted molar refractivity (Wildman–Crippen MR) is 73.5 cm³/mol. The highest BCUT2D eigenvalue weighted by Crippen LogP contribution is 2.24. The standard InChI is InChI=1S/C14H28N2O2/c1-3-4-9-16(10-6-11-17)14(18)15-13-8-5-7-12(13)2/h12-13,17H,3-11H2,1-2H3,(H,15,18). The van der Waals surface area contributed by atoms with Crippen LogP contribution in [-0.4, -0.2) is 41.8 Å². The molecule has 2 atom stereocenters. The Morgan fingerprint density at radius 1 is 1.33 bits per heavy atom. The molecule has 0 bridgehead atoms. The van der Waals surface area contributed by atoms with Gasteiger partial charge in [-0.05, 0) is 31.6 Å². The van der Waals surface area contributed by atoms with Crippen LogP contribution in [0, 0.1) is 5.92 Å². The summed E-state index contributed by atoms with van der Waals surface area (Å²) >= 11 is 0. The number of carbonyl (C=O) groups is 1. The molecule has 2 amide bonds. The minimum Gasteiger partial charge on any atom is -0.396 e. The fraction of sp³-hybridized carbons (Fsp3) is 0.929. The number of hydrogen-bond donors (Lipinski definition) is 2. The molecule has 18 heavy (non-hydrogen) atoms. The average Bonchev–Trinajstić information content (AvgIpc) is 2.75. The van der Waals surface area contributed by atoms with Crippen molar-refractivity contribution in [2.75, 3.05) is 19.7 Å². The van der Waals surface area contributed by atoms with Gasteiger partial charge in [-0.2, -0.15) is 0 Å². The van der Waals surface area contributed by atoms with Crippen LogP contribution in [0.25, 0.3) is 0 Å². The Labute approximate surface area is 111 Å². The second-order valence-electron chi connectivity index (χ2n) is 5.38. The molecule has 0 radical (unpaired) electrons. The van der Waals surface area contributed by atoms with E-state index in [1.165, 1.54) is 12.8 Å². The molecule has 4 heteroatoms. The summed E-state index contributed by atoms with van der Waals surface area (Å²) in [4.78, 5) is 14.0. The summed E-state index contributed by atoms with van der Waals surface area (Å²) in [5.74, 6) is 0.597. The van der Waals surface area contributed by atoms with Crippen LogP contribution >= 0.6 is 0 Å². The number of rotatable bonds is 7. The highest BCUT2D eigenvalue weighted by atomic mass is 16.3. The van der Waals surface area contributed by atoms with Crippen molar-refractivity contribution < 1.29 is 9.90 Å². The molecular formula is C14H28N2O2. The third-order valence-corrected chi connectivity index (χ3v) is 3.83. The fourth-order valence-electron chi connectivity index (χ4n) is 2.54. The summed E-state index contributed by atoms with van der Waals surface area (Å²) in [6.45, 7) is 5.94. The van der Waals surface area contributed by atoms with Crippen molar-refractivity contribution >= 4 is 6.03 Å². The first-order valence-electron chi connectivity index (χ1n) is 7.35. The van der Waals surface area contributed by atoms with E-state index >= 15 is 0 Å². The van der Waals surface area contributed by atoms with Crippen molar-refractivity contribution in [2.24, 2.45) is 5.92 Å². The molecule has 4 nitrogen and oxygen atoms in total. The zero-order valence-corrected chi connectivity index (χ0v) is 11.8. The van der Waals surface area contributed by atoms with Crippen molar-refractivity contribution in [2.45, 2.75) is 58.4 Å². The van der Waals surface area contributed by atoms with Crippen molar-refractivity contribution in [1.29, 1.82) is 0 Å². The van der Waals surface area contributed by atoms with Gasteiger partial charge in [0.1, 0.15) is 0 Å². The first-order chi connectivity index (χ1) is 8.69. The maximum absolute atomic E-state index is 12.2. The van der Waals surface area contributed by atoms with Gasteiger partial charge in [0, 0.05) is 25.7 Å². The summed E-state index contributed by atoms with van der Waals surface area (Å²) in [6, 6.07) is 0.395. The van der Waals surface area contributed by atoms with Gasteiger partial charge >= 0.3 is 6.03 Å². The zero-order chi connectivity index (χ0) is 13.4. The lowest BCUT2D eigenvalue weighted by Crippen LogP contribution is -2.46. The van der Waals surface area contributed by atoms with Gasteiger partial charge in [-0.3, -0.25) is 0 Å². The molecule has 0 saturated heterocycles. The van der Waals surface area contributed by atoms with E-state index in [0.29, 0.717) is 24.9 Å². The molecule has 0 spiro atoms. The number of unbranched alkanes of at least 4 members (excludes halogenated alkanes) is 1. The number of urea groups is 1. The van der Waals surface area contributed by atoms with Crippen LogP contribution in [0.4, 0.5) is 4.79 Å². The van der Waals surface area contributed by atoms with E-state index in [0.717, 1.165) is 25.8 Å². The fourth-order valence-corrected chi connectivity index (χ4v) is 2.54. The van der Waals surface area contributed by atoms with Crippen LogP contribution in [0.2, 0.25) is 0 Å². The van der Waals surface area contributed by atoms with E-state index in [1.54, 1.807) is 0 Å². The lowest BCUT2D eigenvalue weighted by molar-refractivity contribution is 0.182. The van der Waals surface area contributed by atoms with E-state index < -0.39 is 0 Å². The van der Waals surface area contributed by atoms with Crippen molar-refractivity contribution in [3.8, 4) is 0 Å². The van der Waals surface area contributed by atoms with E-state index in [9.17, 15) is 4.79 Å². The predicted octanol–water partition coefficient (Wildman–Crippen LogP) is 2.37. The van der Waals surface area contributed by atoms with Gasteiger partial charge in [-0.15, -0.1) is 0 Å². The number of amides is 2. The smallest absolute Gasteiger partial charge is 0.317 e. The third kappa shape index (κ3) is 4.84. The maximum Gasteiger partial charge on any atom is 0.317 e. The van der Waals surface area contributed by atoms with Crippen LogP contribution in [0.3, 0.4) is 0 Å². The molecule has 1 rings (SSSR count). The number of aliphatic hydroxyl groups excluding tert-OH is 1. The number of hydrogen-bond acceptors (Lipinski definition) is 2. The summed E-state index contributed by atoms with van der Waals surface area (Å²) in [5, 5.41) is 12.0. The molecule has 0 aromatic carbocycles. The Hall–Kier alpha value is -0.770. The van der Waals surface area contributed by atoms with E-state index in [4.69, 9.17) is 5.11 Å². The summed E-state index contributed by atoms with van der Waals surface area (Å²) in [7, 11) is 0. The van der Waals surface area contributed by atoms with E-state index in [1.807, 2.05) is 4.90 Å². The van der Waals surface area contributed by atoms with Gasteiger partial charge in [0.25, 0.3) is 0 Å². The van der Waals surface area contributed by atoms with E-state index in [-0.39, 0.29) is 12.6 Å². The Balaban J connectivity index is 2.41. The van der Waals surface area contributed by atoms with Crippen molar-refractivity contribution in [1.82, 2.24) is 10.2 Å². The van der Waals surface area contributed by atoms with Gasteiger partial charge in [0.15, 0.2) is 0 Å². The van der Waals surface area contributed by atoms with E-state index in [2.05, 4.69) is 19.2 Å². The molecule has 0 aromatic heterocycles. The highest BCUT2D eigenvalue weighted by Gasteiger charge is 2.26. The van der Waals surface area contributed by atoms with Gasteiger partial charge in [0.05, 0.1) is 0 Å². The zero-order valence-electron chi connectivity index (χ0n) is 11.8. The molecule has 1 aliphatic carbocycles. The van der Waals surface area contributed by atoms with Crippen molar-refractivity contribution in [3.63, 3.8) is 0 Å². The highest BCUT2D eigenvalue weighted by molar-refractivity contribution is 5.74. The molecule has 1 saturated carbocycles. The molecule has 2 N–H and O–H groups in total. The van der Waals surface area contributed by atoms with Crippen LogP contribution < -0.4 is 5.32 Å². The molecule has 0 aromatic rings. The van der Waals surface area contributed by atoms with Crippen LogP contribution in [0.5, 0.6) is 0 Å². The van der Waals surface area contributed by atoms with Gasteiger partial charge in [0.2, 0.25) is 0 Å². The Morgan fingerprint density at radius 2 is 2.06 bits per heavy atom. The van der Waals surface area contributed by atoms with Gasteiger partial charge in [-0.1, -0.05) is 26.7 Å². The second kappa shape index (κ2) is 8.35. The lowest BCUT2D eigenvalue weighted by Gasteiger charge is -2.26. The minimum atomic E-state index is 0.0515. The molecule has 2 unspecified atom stereocenters. The number of carbonyl (C=O) groups excluding carboxylic acids is 1. The summed E-state index contributed by atoms with van der Waals surface area (Å²) in [6.07, 6.45) is 6.32. The Bertz CT molecular complexity index is 238. The van der Waals surface area contributed by atoms with Gasteiger partial charge < -0.3 is 15.3 Å². The normalized spacial score (nSPS) is 23.1. The van der Waals surface area contributed by atoms with Crippen LogP contribution in [-0.2, 0) is 0 Å². The van der Waals surface area contributed by atoms with Crippen LogP contribution in [0.1, 0.15) is 52.4 Å². The first-order valence-corrected chi connectivity index (χ1v) is 7.35. The summed E-state index contributed by atoms with van der Waals surface area (Å²) in [5.41, 5.74) is 0. The Kier molecular flexibility index (Phi) is 7.09. The second-order valence-corrected chi connectivity index (χ2v) is 5.38. The molecule has 0 heterocycles. The average molecular weight is 256 g/mol. The lowest BCUT2D eigenvalue weighted by atomic mass is 10.1. The largest absolute Gasteiger partial charge is 0.396 e. The topological polar surface area (TPSA) is 52.6 Å². The maximum atomic E-state index is 12.2. The number of nitrogens with one attached hydrogen (secondary N) is 1. The Morgan fingerprint density at radius 3 is 2.61 bits per heavy atom. The summed E-state index contributed by atoms with van der Waals surface area (Å²) < 4.78 is 0. The number of nitrogens with zero attached hydrogens (tertiary/aromatic N) is 1. The van der Waals surface area contributed by atoms with Gasteiger partial charge in [-0.25, -0.2) is 4.79 Å². The SMILES string of the molecule is CCCCN(CCCO)C(=O)NC1CCCC1C.